The molecule has 0 spiro atoms. The zero-order valence-corrected chi connectivity index (χ0v) is 11.7. The monoisotopic (exact) mass is 352 g/mol. The topological polar surface area (TPSA) is 68.2 Å². The van der Waals surface area contributed by atoms with E-state index in [0.717, 1.165) is 0 Å². The van der Waals surface area contributed by atoms with Crippen LogP contribution in [-0.4, -0.2) is 63.1 Å². The van der Waals surface area contributed by atoms with Crippen molar-refractivity contribution in [2.24, 2.45) is 0 Å². The number of aliphatic hydroxyl groups is 2. The van der Waals surface area contributed by atoms with Gasteiger partial charge in [0.15, 0.2) is 0 Å². The van der Waals surface area contributed by atoms with Crippen LogP contribution in [0.2, 0.25) is 0 Å². The van der Waals surface area contributed by atoms with E-state index in [-0.39, 0.29) is 47.2 Å². The van der Waals surface area contributed by atoms with Crippen molar-refractivity contribution in [2.45, 2.75) is 0 Å². The number of aliphatic hydroxyl groups excluding tert-OH is 2. The molecule has 0 aliphatic carbocycles. The molecule has 0 bridgehead atoms. The molecular weight excluding hydrogens is 336 g/mol. The van der Waals surface area contributed by atoms with Gasteiger partial charge in [-0.25, -0.2) is 0 Å². The van der Waals surface area contributed by atoms with Gasteiger partial charge in [0, 0.05) is 0 Å². The van der Waals surface area contributed by atoms with E-state index < -0.39 is 0 Å². The summed E-state index contributed by atoms with van der Waals surface area (Å²) in [5.41, 5.74) is 0. The minimum atomic E-state index is 0. The van der Waals surface area contributed by atoms with E-state index in [1.54, 1.807) is 0 Å². The van der Waals surface area contributed by atoms with Crippen molar-refractivity contribution in [3.63, 3.8) is 0 Å². The highest BCUT2D eigenvalue weighted by Gasteiger charge is 1.89. The van der Waals surface area contributed by atoms with Crippen LogP contribution in [0.25, 0.3) is 0 Å². The quantitative estimate of drug-likeness (QED) is 0.382. The zero-order chi connectivity index (χ0) is 9.78. The maximum atomic E-state index is 8.36. The lowest BCUT2D eigenvalue weighted by Crippen LogP contribution is -3.00. The van der Waals surface area contributed by atoms with Crippen molar-refractivity contribution in [3.05, 3.63) is 0 Å². The van der Waals surface area contributed by atoms with Gasteiger partial charge in [0.25, 0.3) is 0 Å². The average molecular weight is 354 g/mol. The molecule has 0 aliphatic rings. The van der Waals surface area contributed by atoms with E-state index >= 15 is 0 Å². The van der Waals surface area contributed by atoms with Crippen molar-refractivity contribution >= 4 is 0 Å². The minimum Gasteiger partial charge on any atom is -1.00 e. The van der Waals surface area contributed by atoms with Gasteiger partial charge in [-0.05, 0) is 0 Å². The van der Waals surface area contributed by atoms with Crippen molar-refractivity contribution in [3.8, 4) is 0 Å². The van der Waals surface area contributed by atoms with E-state index in [0.29, 0.717) is 39.6 Å². The Morgan fingerprint density at radius 1 is 0.533 bits per heavy atom. The number of halogens is 2. The van der Waals surface area contributed by atoms with Gasteiger partial charge in [-0.1, -0.05) is 0 Å². The molecule has 0 unspecified atom stereocenters. The van der Waals surface area contributed by atoms with Gasteiger partial charge in [-0.2, -0.15) is 0 Å². The van der Waals surface area contributed by atoms with Crippen LogP contribution in [0.1, 0.15) is 0 Å². The Morgan fingerprint density at radius 3 is 1.07 bits per heavy atom. The largest absolute Gasteiger partial charge is 1.00 e. The lowest BCUT2D eigenvalue weighted by molar-refractivity contribution is -0.00100. The molecule has 0 atom stereocenters. The first-order chi connectivity index (χ1) is 6.41. The molecule has 0 fully saturated rings. The molecule has 0 rings (SSSR count). The number of hydrogen-bond acceptors (Lipinski definition) is 5. The van der Waals surface area contributed by atoms with Crippen LogP contribution < -0.4 is 34.0 Å². The zero-order valence-electron chi connectivity index (χ0n) is 8.53. The smallest absolute Gasteiger partial charge is 0.0701 e. The third-order valence-corrected chi connectivity index (χ3v) is 1.22. The van der Waals surface area contributed by atoms with Crippen LogP contribution in [-0.2, 0) is 14.2 Å². The van der Waals surface area contributed by atoms with Crippen LogP contribution in [0, 0.1) is 0 Å². The first kappa shape index (κ1) is 21.1. The van der Waals surface area contributed by atoms with Crippen LogP contribution >= 0.6 is 0 Å². The lowest BCUT2D eigenvalue weighted by Gasteiger charge is -2.04. The second-order valence-electron chi connectivity index (χ2n) is 2.28. The second kappa shape index (κ2) is 20.2. The molecule has 7 heteroatoms. The molecule has 0 aromatic carbocycles. The van der Waals surface area contributed by atoms with E-state index in [2.05, 4.69) is 0 Å². The third-order valence-electron chi connectivity index (χ3n) is 1.22. The fraction of sp³-hybridized carbons (Fsp3) is 1.00. The molecule has 5 nitrogen and oxygen atoms in total. The molecular formula is C8H18Br2O5-2. The fourth-order valence-electron chi connectivity index (χ4n) is 0.671. The van der Waals surface area contributed by atoms with Gasteiger partial charge in [-0.15, -0.1) is 0 Å². The maximum Gasteiger partial charge on any atom is 0.0701 e. The van der Waals surface area contributed by atoms with E-state index in [1.165, 1.54) is 0 Å². The summed E-state index contributed by atoms with van der Waals surface area (Å²) < 4.78 is 15.0. The van der Waals surface area contributed by atoms with Crippen molar-refractivity contribution < 1.29 is 58.4 Å². The summed E-state index contributed by atoms with van der Waals surface area (Å²) in [4.78, 5) is 0. The van der Waals surface area contributed by atoms with E-state index in [1.807, 2.05) is 0 Å². The van der Waals surface area contributed by atoms with Crippen molar-refractivity contribution in [2.75, 3.05) is 52.9 Å². The molecule has 0 saturated carbocycles. The molecule has 0 heterocycles. The van der Waals surface area contributed by atoms with Gasteiger partial charge < -0.3 is 58.4 Å². The summed E-state index contributed by atoms with van der Waals surface area (Å²) in [6.45, 7) is 2.76. The van der Waals surface area contributed by atoms with Crippen molar-refractivity contribution in [1.29, 1.82) is 0 Å². The van der Waals surface area contributed by atoms with Gasteiger partial charge in [0.1, 0.15) is 0 Å². The predicted octanol–water partition coefficient (Wildman–Crippen LogP) is -6.97. The molecule has 2 N–H and O–H groups in total. The van der Waals surface area contributed by atoms with Gasteiger partial charge in [0.05, 0.1) is 52.9 Å². The Bertz CT molecular complexity index is 87.1. The van der Waals surface area contributed by atoms with Crippen LogP contribution in [0.3, 0.4) is 0 Å². The summed E-state index contributed by atoms with van der Waals surface area (Å²) in [7, 11) is 0. The van der Waals surface area contributed by atoms with Crippen LogP contribution in [0.5, 0.6) is 0 Å². The van der Waals surface area contributed by atoms with Crippen molar-refractivity contribution in [1.82, 2.24) is 0 Å². The summed E-state index contributed by atoms with van der Waals surface area (Å²) in [5.74, 6) is 0. The Kier molecular flexibility index (Phi) is 28.4. The first-order valence-corrected chi connectivity index (χ1v) is 4.36. The average Bonchev–Trinajstić information content (AvgIpc) is 2.16. The molecule has 96 valence electrons. The summed E-state index contributed by atoms with van der Waals surface area (Å²) >= 11 is 0. The highest BCUT2D eigenvalue weighted by atomic mass is 79.9. The highest BCUT2D eigenvalue weighted by molar-refractivity contribution is 4.33. The standard InChI is InChI=1S/C8H18O5.2BrH/c9-1-3-11-5-7-13-8-6-12-4-2-10;;/h9-10H,1-8H2;2*1H/p-2. The van der Waals surface area contributed by atoms with Gasteiger partial charge >= 0.3 is 0 Å². The predicted molar refractivity (Wildman–Crippen MR) is 46.6 cm³/mol. The molecule has 0 aromatic rings. The molecule has 0 radical (unpaired) electrons. The minimum absolute atomic E-state index is 0. The summed E-state index contributed by atoms with van der Waals surface area (Å²) in [6.07, 6.45) is 0. The Balaban J connectivity index is -0.000000720. The van der Waals surface area contributed by atoms with Gasteiger partial charge in [0.2, 0.25) is 0 Å². The highest BCUT2D eigenvalue weighted by Crippen LogP contribution is 1.80. The van der Waals surface area contributed by atoms with Gasteiger partial charge in [-0.3, -0.25) is 0 Å². The summed E-state index contributed by atoms with van der Waals surface area (Å²) in [6, 6.07) is 0. The first-order valence-electron chi connectivity index (χ1n) is 4.36. The Morgan fingerprint density at radius 2 is 0.800 bits per heavy atom. The molecule has 15 heavy (non-hydrogen) atoms. The van der Waals surface area contributed by atoms with E-state index in [9.17, 15) is 0 Å². The van der Waals surface area contributed by atoms with Crippen LogP contribution in [0.4, 0.5) is 0 Å². The lowest BCUT2D eigenvalue weighted by atomic mass is 10.7. The van der Waals surface area contributed by atoms with Crippen LogP contribution in [0.15, 0.2) is 0 Å². The molecule has 0 saturated heterocycles. The van der Waals surface area contributed by atoms with E-state index in [4.69, 9.17) is 24.4 Å². The molecule has 0 aromatic heterocycles. The molecule has 0 aliphatic heterocycles. The third kappa shape index (κ3) is 20.8. The Hall–Kier alpha value is 0.760. The normalized spacial score (nSPS) is 9.20. The number of hydrogen-bond donors (Lipinski definition) is 2. The SMILES string of the molecule is OCCOCCOCCOCCO.[Br-].[Br-]. The fourth-order valence-corrected chi connectivity index (χ4v) is 0.671. The summed E-state index contributed by atoms with van der Waals surface area (Å²) in [5, 5.41) is 16.7. The number of rotatable bonds is 10. The second-order valence-corrected chi connectivity index (χ2v) is 2.28. The Labute approximate surface area is 111 Å². The number of ether oxygens (including phenoxy) is 3. The maximum absolute atomic E-state index is 8.36. The molecule has 0 amide bonds.